The lowest BCUT2D eigenvalue weighted by molar-refractivity contribution is -0.255. The summed E-state index contributed by atoms with van der Waals surface area (Å²) in [4.78, 5) is 0.591. The van der Waals surface area contributed by atoms with Gasteiger partial charge in [0, 0.05) is 4.90 Å². The topological polar surface area (TPSA) is 72.5 Å². The van der Waals surface area contributed by atoms with Crippen molar-refractivity contribution in [1.82, 2.24) is 0 Å². The van der Waals surface area contributed by atoms with E-state index < -0.39 is 40.7 Å². The monoisotopic (exact) mass is 678 g/mol. The van der Waals surface area contributed by atoms with Crippen LogP contribution in [0.25, 0.3) is 0 Å². The van der Waals surface area contributed by atoms with Crippen molar-refractivity contribution in [2.45, 2.75) is 61.2 Å². The van der Waals surface area contributed by atoms with Gasteiger partial charge in [-0.05, 0) is 46.5 Å². The summed E-state index contributed by atoms with van der Waals surface area (Å²) in [5.41, 5.74) is 3.15. The average molecular weight is 679 g/mol. The van der Waals surface area contributed by atoms with Gasteiger partial charge in [0.2, 0.25) is 0 Å². The second-order valence-electron chi connectivity index (χ2n) is 11.8. The molecule has 0 spiro atoms. The van der Waals surface area contributed by atoms with Crippen LogP contribution in [0, 0.1) is 0 Å². The van der Waals surface area contributed by atoms with Crippen molar-refractivity contribution in [1.29, 1.82) is 0 Å². The van der Waals surface area contributed by atoms with Gasteiger partial charge in [-0.3, -0.25) is 4.21 Å². The molecule has 0 bridgehead atoms. The van der Waals surface area contributed by atoms with Crippen LogP contribution in [0.15, 0.2) is 150 Å². The Labute approximate surface area is 291 Å². The first kappa shape index (κ1) is 34.7. The van der Waals surface area contributed by atoms with E-state index in [1.165, 1.54) is 0 Å². The van der Waals surface area contributed by atoms with E-state index in [1.54, 1.807) is 31.4 Å². The van der Waals surface area contributed by atoms with Gasteiger partial charge in [-0.1, -0.05) is 121 Å². The molecule has 0 aromatic heterocycles. The Hall–Kier alpha value is -4.15. The van der Waals surface area contributed by atoms with E-state index in [0.29, 0.717) is 30.5 Å². The summed E-state index contributed by atoms with van der Waals surface area (Å²) in [6.45, 7) is 1.49. The standard InChI is InChI=1S/C41H42O7S/c1-43-35-22-24-36(25-23-35)49(42)41-40(47-29-34-20-12-5-13-21-34)39(46-28-33-18-10-4-11-19-33)38(45-27-32-16-8-3-9-17-32)37(48-41)30-44-26-31-14-6-2-7-15-31/h2-25,37-41H,26-30H2,1H3. The minimum Gasteiger partial charge on any atom is -0.497 e. The Morgan fingerprint density at radius 1 is 0.531 bits per heavy atom. The van der Waals surface area contributed by atoms with E-state index in [-0.39, 0.29) is 13.2 Å². The molecule has 5 aromatic rings. The van der Waals surface area contributed by atoms with Crippen molar-refractivity contribution >= 4 is 10.8 Å². The third-order valence-electron chi connectivity index (χ3n) is 8.34. The average Bonchev–Trinajstić information content (AvgIpc) is 3.17. The Bertz CT molecular complexity index is 1690. The Morgan fingerprint density at radius 3 is 1.43 bits per heavy atom. The van der Waals surface area contributed by atoms with E-state index in [9.17, 15) is 4.21 Å². The molecular formula is C41H42O7S. The number of ether oxygens (including phenoxy) is 6. The fourth-order valence-corrected chi connectivity index (χ4v) is 7.16. The minimum absolute atomic E-state index is 0.196. The zero-order chi connectivity index (χ0) is 33.7. The quantitative estimate of drug-likeness (QED) is 0.107. The second kappa shape index (κ2) is 18.0. The van der Waals surface area contributed by atoms with Crippen LogP contribution in [0.2, 0.25) is 0 Å². The highest BCUT2D eigenvalue weighted by molar-refractivity contribution is 7.85. The molecule has 6 unspecified atom stereocenters. The van der Waals surface area contributed by atoms with E-state index in [0.717, 1.165) is 22.3 Å². The van der Waals surface area contributed by atoms with Gasteiger partial charge in [0.05, 0.1) is 50.9 Å². The predicted octanol–water partition coefficient (Wildman–Crippen LogP) is 7.50. The lowest BCUT2D eigenvalue weighted by Crippen LogP contribution is -2.62. The first-order valence-electron chi connectivity index (χ1n) is 16.5. The molecule has 0 N–H and O–H groups in total. The van der Waals surface area contributed by atoms with E-state index >= 15 is 0 Å². The minimum atomic E-state index is -1.65. The molecule has 49 heavy (non-hydrogen) atoms. The number of benzene rings is 5. The molecule has 6 atom stereocenters. The van der Waals surface area contributed by atoms with Crippen molar-refractivity contribution in [3.63, 3.8) is 0 Å². The van der Waals surface area contributed by atoms with Gasteiger partial charge in [0.15, 0.2) is 5.44 Å². The maximum atomic E-state index is 14.5. The summed E-state index contributed by atoms with van der Waals surface area (Å²) in [6.07, 6.45) is -2.63. The van der Waals surface area contributed by atoms with E-state index in [4.69, 9.17) is 28.4 Å². The van der Waals surface area contributed by atoms with Gasteiger partial charge < -0.3 is 28.4 Å². The summed E-state index contributed by atoms with van der Waals surface area (Å²) in [6, 6.07) is 47.1. The fraction of sp³-hybridized carbons (Fsp3) is 0.268. The molecule has 1 aliphatic rings. The highest BCUT2D eigenvalue weighted by Crippen LogP contribution is 2.34. The first-order chi connectivity index (χ1) is 24.2. The number of methoxy groups -OCH3 is 1. The van der Waals surface area contributed by atoms with Crippen LogP contribution in [-0.4, -0.2) is 47.8 Å². The number of rotatable bonds is 16. The van der Waals surface area contributed by atoms with E-state index in [2.05, 4.69) is 0 Å². The summed E-state index contributed by atoms with van der Waals surface area (Å²) >= 11 is 0. The van der Waals surface area contributed by atoms with Crippen molar-refractivity contribution in [3.8, 4) is 5.75 Å². The Balaban J connectivity index is 1.35. The zero-order valence-corrected chi connectivity index (χ0v) is 28.4. The van der Waals surface area contributed by atoms with Crippen LogP contribution < -0.4 is 4.74 Å². The molecule has 5 aromatic carbocycles. The molecule has 0 aliphatic carbocycles. The maximum absolute atomic E-state index is 14.5. The number of hydrogen-bond donors (Lipinski definition) is 0. The smallest absolute Gasteiger partial charge is 0.166 e. The molecule has 1 fully saturated rings. The highest BCUT2D eigenvalue weighted by atomic mass is 32.2. The van der Waals surface area contributed by atoms with Crippen LogP contribution in [-0.2, 0) is 60.9 Å². The summed E-state index contributed by atoms with van der Waals surface area (Å²) in [5.74, 6) is 0.674. The molecule has 7 nitrogen and oxygen atoms in total. The van der Waals surface area contributed by atoms with Gasteiger partial charge in [0.1, 0.15) is 30.2 Å². The molecule has 1 aliphatic heterocycles. The molecule has 8 heteroatoms. The van der Waals surface area contributed by atoms with Crippen molar-refractivity contribution < 1.29 is 32.6 Å². The molecule has 0 amide bonds. The Morgan fingerprint density at radius 2 is 0.959 bits per heavy atom. The molecule has 0 radical (unpaired) electrons. The van der Waals surface area contributed by atoms with Gasteiger partial charge in [0.25, 0.3) is 0 Å². The van der Waals surface area contributed by atoms with Crippen LogP contribution in [0.4, 0.5) is 0 Å². The third-order valence-corrected chi connectivity index (χ3v) is 9.88. The lowest BCUT2D eigenvalue weighted by atomic mass is 9.98. The second-order valence-corrected chi connectivity index (χ2v) is 13.3. The molecule has 0 saturated carbocycles. The van der Waals surface area contributed by atoms with Crippen LogP contribution in [0.1, 0.15) is 22.3 Å². The van der Waals surface area contributed by atoms with Gasteiger partial charge in [-0.15, -0.1) is 0 Å². The van der Waals surface area contributed by atoms with Gasteiger partial charge in [-0.2, -0.15) is 0 Å². The lowest BCUT2D eigenvalue weighted by Gasteiger charge is -2.45. The van der Waals surface area contributed by atoms with E-state index in [1.807, 2.05) is 121 Å². The molecule has 6 rings (SSSR count). The molecule has 254 valence electrons. The largest absolute Gasteiger partial charge is 0.497 e. The van der Waals surface area contributed by atoms with Crippen molar-refractivity contribution in [3.05, 3.63) is 168 Å². The normalized spacial score (nSPS) is 21.2. The van der Waals surface area contributed by atoms with Crippen LogP contribution in [0.5, 0.6) is 5.75 Å². The highest BCUT2D eigenvalue weighted by Gasteiger charge is 2.50. The number of hydrogen-bond acceptors (Lipinski definition) is 7. The zero-order valence-electron chi connectivity index (χ0n) is 27.5. The molecule has 1 saturated heterocycles. The van der Waals surface area contributed by atoms with Crippen LogP contribution in [0.3, 0.4) is 0 Å². The Kier molecular flexibility index (Phi) is 12.8. The van der Waals surface area contributed by atoms with Crippen molar-refractivity contribution in [2.75, 3.05) is 13.7 Å². The maximum Gasteiger partial charge on any atom is 0.166 e. The third kappa shape index (κ3) is 9.73. The first-order valence-corrected chi connectivity index (χ1v) is 17.7. The molecular weight excluding hydrogens is 637 g/mol. The summed E-state index contributed by atoms with van der Waals surface area (Å²) < 4.78 is 53.1. The predicted molar refractivity (Wildman–Crippen MR) is 189 cm³/mol. The molecule has 1 heterocycles. The summed E-state index contributed by atoms with van der Waals surface area (Å²) in [5, 5.41) is 0. The SMILES string of the molecule is COc1ccc(S(=O)C2OC(COCc3ccccc3)C(OCc3ccccc3)C(OCc3ccccc3)C2OCc2ccccc2)cc1. The fourth-order valence-electron chi connectivity index (χ4n) is 5.76. The van der Waals surface area contributed by atoms with Crippen LogP contribution >= 0.6 is 0 Å². The van der Waals surface area contributed by atoms with Gasteiger partial charge >= 0.3 is 0 Å². The van der Waals surface area contributed by atoms with Crippen molar-refractivity contribution in [2.24, 2.45) is 0 Å². The van der Waals surface area contributed by atoms with Gasteiger partial charge in [-0.25, -0.2) is 0 Å². The summed E-state index contributed by atoms with van der Waals surface area (Å²) in [7, 11) is -0.0426.